The second kappa shape index (κ2) is 7.93. The lowest BCUT2D eigenvalue weighted by molar-refractivity contribution is -0.122. The van der Waals surface area contributed by atoms with Crippen molar-refractivity contribution in [2.24, 2.45) is 5.92 Å². The van der Waals surface area contributed by atoms with Gasteiger partial charge in [0, 0.05) is 37.6 Å². The lowest BCUT2D eigenvalue weighted by atomic mass is 9.89. The van der Waals surface area contributed by atoms with E-state index in [1.54, 1.807) is 0 Å². The first kappa shape index (κ1) is 16.5. The molecule has 2 saturated heterocycles. The molecular weight excluding hydrogens is 288 g/mol. The molecule has 2 aliphatic heterocycles. The summed E-state index contributed by atoms with van der Waals surface area (Å²) in [6.07, 6.45) is 6.16. The van der Waals surface area contributed by atoms with Gasteiger partial charge in [-0.3, -0.25) is 4.79 Å². The number of hydrogen-bond donors (Lipinski definition) is 3. The van der Waals surface area contributed by atoms with Crippen molar-refractivity contribution in [1.29, 1.82) is 0 Å². The molecule has 1 amide bonds. The number of aliphatic hydroxyl groups is 1. The minimum Gasteiger partial charge on any atom is -0.396 e. The van der Waals surface area contributed by atoms with E-state index in [4.69, 9.17) is 0 Å². The first-order valence-electron chi connectivity index (χ1n) is 8.93. The zero-order chi connectivity index (χ0) is 16.1. The molecule has 4 heteroatoms. The van der Waals surface area contributed by atoms with Crippen LogP contribution in [-0.2, 0) is 4.79 Å². The molecular formula is C19H28N2O2. The fraction of sp³-hybridized carbons (Fsp3) is 0.632. The van der Waals surface area contributed by atoms with Crippen LogP contribution in [0.5, 0.6) is 0 Å². The van der Waals surface area contributed by atoms with E-state index in [1.165, 1.54) is 18.4 Å². The molecule has 1 aromatic rings. The Hall–Kier alpha value is -1.39. The van der Waals surface area contributed by atoms with Gasteiger partial charge in [0.05, 0.1) is 0 Å². The van der Waals surface area contributed by atoms with Crippen LogP contribution in [0.25, 0.3) is 0 Å². The summed E-state index contributed by atoms with van der Waals surface area (Å²) in [5, 5.41) is 16.0. The smallest absolute Gasteiger partial charge is 0.220 e. The lowest BCUT2D eigenvalue weighted by Gasteiger charge is -2.28. The van der Waals surface area contributed by atoms with Crippen molar-refractivity contribution in [2.75, 3.05) is 13.2 Å². The molecule has 0 aromatic heterocycles. The highest BCUT2D eigenvalue weighted by Gasteiger charge is 2.34. The number of nitrogens with one attached hydrogen (secondary N) is 2. The minimum absolute atomic E-state index is 0.146. The number of carbonyl (C=O) groups excluding carboxylic acids is 1. The molecule has 3 rings (SSSR count). The third-order valence-electron chi connectivity index (χ3n) is 5.34. The second-order valence-corrected chi connectivity index (χ2v) is 7.10. The Bertz CT molecular complexity index is 493. The number of carbonyl (C=O) groups is 1. The number of benzene rings is 1. The Morgan fingerprint density at radius 3 is 2.57 bits per heavy atom. The van der Waals surface area contributed by atoms with Crippen LogP contribution in [0, 0.1) is 5.92 Å². The highest BCUT2D eigenvalue weighted by atomic mass is 16.3. The first-order chi connectivity index (χ1) is 11.2. The molecule has 1 aromatic carbocycles. The van der Waals surface area contributed by atoms with E-state index >= 15 is 0 Å². The summed E-state index contributed by atoms with van der Waals surface area (Å²) in [5.74, 6) is 0.881. The maximum Gasteiger partial charge on any atom is 0.220 e. The first-order valence-corrected chi connectivity index (χ1v) is 8.93. The summed E-state index contributed by atoms with van der Waals surface area (Å²) < 4.78 is 0. The van der Waals surface area contributed by atoms with Crippen LogP contribution in [0.3, 0.4) is 0 Å². The third kappa shape index (κ3) is 4.55. The van der Waals surface area contributed by atoms with Crippen molar-refractivity contribution >= 4 is 5.91 Å². The SMILES string of the molecule is O=C(CC1CC2CCC(C1)N2)NCC(CCO)c1ccccc1. The van der Waals surface area contributed by atoms with Gasteiger partial charge in [-0.15, -0.1) is 0 Å². The quantitative estimate of drug-likeness (QED) is 0.722. The Balaban J connectivity index is 1.47. The van der Waals surface area contributed by atoms with Gasteiger partial charge in [-0.05, 0) is 43.6 Å². The number of fused-ring (bicyclic) bond motifs is 2. The van der Waals surface area contributed by atoms with Crippen molar-refractivity contribution in [2.45, 2.75) is 56.5 Å². The van der Waals surface area contributed by atoms with Crippen LogP contribution in [0.1, 0.15) is 50.0 Å². The van der Waals surface area contributed by atoms with Crippen molar-refractivity contribution < 1.29 is 9.90 Å². The van der Waals surface area contributed by atoms with Crippen LogP contribution in [0.2, 0.25) is 0 Å². The Morgan fingerprint density at radius 1 is 1.22 bits per heavy atom. The van der Waals surface area contributed by atoms with Gasteiger partial charge in [-0.2, -0.15) is 0 Å². The van der Waals surface area contributed by atoms with Crippen LogP contribution in [0.4, 0.5) is 0 Å². The summed E-state index contributed by atoms with van der Waals surface area (Å²) in [4.78, 5) is 12.3. The summed E-state index contributed by atoms with van der Waals surface area (Å²) in [6.45, 7) is 0.758. The van der Waals surface area contributed by atoms with Gasteiger partial charge in [-0.25, -0.2) is 0 Å². The fourth-order valence-electron chi connectivity index (χ4n) is 4.18. The Morgan fingerprint density at radius 2 is 1.91 bits per heavy atom. The van der Waals surface area contributed by atoms with E-state index < -0.39 is 0 Å². The molecule has 2 fully saturated rings. The zero-order valence-electron chi connectivity index (χ0n) is 13.7. The summed E-state index contributed by atoms with van der Waals surface area (Å²) in [7, 11) is 0. The van der Waals surface area contributed by atoms with Crippen molar-refractivity contribution in [3.05, 3.63) is 35.9 Å². The largest absolute Gasteiger partial charge is 0.396 e. The number of hydrogen-bond acceptors (Lipinski definition) is 3. The van der Waals surface area contributed by atoms with E-state index in [2.05, 4.69) is 22.8 Å². The molecule has 4 nitrogen and oxygen atoms in total. The summed E-state index contributed by atoms with van der Waals surface area (Å²) in [6, 6.07) is 11.4. The van der Waals surface area contributed by atoms with Gasteiger partial charge in [0.15, 0.2) is 0 Å². The molecule has 0 spiro atoms. The molecule has 0 radical (unpaired) electrons. The number of amides is 1. The predicted molar refractivity (Wildman–Crippen MR) is 91.2 cm³/mol. The molecule has 2 heterocycles. The van der Waals surface area contributed by atoms with Crippen LogP contribution < -0.4 is 10.6 Å². The maximum atomic E-state index is 12.3. The molecule has 2 aliphatic rings. The van der Waals surface area contributed by atoms with E-state index in [-0.39, 0.29) is 18.4 Å². The van der Waals surface area contributed by atoms with Crippen molar-refractivity contribution in [3.8, 4) is 0 Å². The van der Waals surface area contributed by atoms with Crippen molar-refractivity contribution in [1.82, 2.24) is 10.6 Å². The average Bonchev–Trinajstić information content (AvgIpc) is 2.91. The van der Waals surface area contributed by atoms with Crippen LogP contribution in [-0.4, -0.2) is 36.2 Å². The topological polar surface area (TPSA) is 61.4 Å². The van der Waals surface area contributed by atoms with Crippen molar-refractivity contribution in [3.63, 3.8) is 0 Å². The average molecular weight is 316 g/mol. The second-order valence-electron chi connectivity index (χ2n) is 7.10. The number of rotatable bonds is 7. The van der Waals surface area contributed by atoms with Gasteiger partial charge in [-0.1, -0.05) is 30.3 Å². The monoisotopic (exact) mass is 316 g/mol. The molecule has 2 bridgehead atoms. The normalized spacial score (nSPS) is 27.6. The van der Waals surface area contributed by atoms with E-state index in [1.807, 2.05) is 18.2 Å². The third-order valence-corrected chi connectivity index (χ3v) is 5.34. The maximum absolute atomic E-state index is 12.3. The lowest BCUT2D eigenvalue weighted by Crippen LogP contribution is -2.40. The summed E-state index contributed by atoms with van der Waals surface area (Å²) in [5.41, 5.74) is 1.18. The molecule has 126 valence electrons. The fourth-order valence-corrected chi connectivity index (χ4v) is 4.18. The highest BCUT2D eigenvalue weighted by molar-refractivity contribution is 5.76. The van der Waals surface area contributed by atoms with Gasteiger partial charge in [0.25, 0.3) is 0 Å². The van der Waals surface area contributed by atoms with Gasteiger partial charge in [0.1, 0.15) is 0 Å². The van der Waals surface area contributed by atoms with E-state index in [0.29, 0.717) is 37.4 Å². The summed E-state index contributed by atoms with van der Waals surface area (Å²) >= 11 is 0. The predicted octanol–water partition coefficient (Wildman–Crippen LogP) is 2.19. The zero-order valence-corrected chi connectivity index (χ0v) is 13.7. The van der Waals surface area contributed by atoms with Crippen LogP contribution >= 0.6 is 0 Å². The highest BCUT2D eigenvalue weighted by Crippen LogP contribution is 2.32. The molecule has 0 saturated carbocycles. The van der Waals surface area contributed by atoms with E-state index in [9.17, 15) is 9.90 Å². The Kier molecular flexibility index (Phi) is 5.68. The molecule has 0 aliphatic carbocycles. The van der Waals surface area contributed by atoms with E-state index in [0.717, 1.165) is 12.8 Å². The van der Waals surface area contributed by atoms with Gasteiger partial charge >= 0.3 is 0 Å². The standard InChI is InChI=1S/C19H28N2O2/c22-9-8-16(15-4-2-1-3-5-15)13-20-19(23)12-14-10-17-6-7-18(11-14)21-17/h1-5,14,16-18,21-22H,6-13H2,(H,20,23). The minimum atomic E-state index is 0.146. The number of piperidine rings is 1. The molecule has 3 unspecified atom stereocenters. The molecule has 23 heavy (non-hydrogen) atoms. The molecule has 3 atom stereocenters. The van der Waals surface area contributed by atoms with Gasteiger partial charge < -0.3 is 15.7 Å². The van der Waals surface area contributed by atoms with Crippen LogP contribution in [0.15, 0.2) is 30.3 Å². The van der Waals surface area contributed by atoms with Gasteiger partial charge in [0.2, 0.25) is 5.91 Å². The number of aliphatic hydroxyl groups excluding tert-OH is 1. The molecule has 3 N–H and O–H groups in total. The Labute approximate surface area is 138 Å².